The fourth-order valence-corrected chi connectivity index (χ4v) is 1.82. The summed E-state index contributed by atoms with van der Waals surface area (Å²) >= 11 is 0. The number of carbonyl (C=O) groups is 1. The molecule has 1 aromatic heterocycles. The molecule has 5 nitrogen and oxygen atoms in total. The first-order chi connectivity index (χ1) is 8.72. The van der Waals surface area contributed by atoms with Crippen LogP contribution in [0.15, 0.2) is 6.07 Å². The summed E-state index contributed by atoms with van der Waals surface area (Å²) in [5.74, 6) is -0.101. The van der Waals surface area contributed by atoms with Crippen LogP contribution in [0.4, 0.5) is 0 Å². The van der Waals surface area contributed by atoms with Crippen molar-refractivity contribution in [1.82, 2.24) is 15.1 Å². The first kappa shape index (κ1) is 14.7. The Hall–Kier alpha value is -1.36. The quantitative estimate of drug-likeness (QED) is 0.739. The van der Waals surface area contributed by atoms with Crippen LogP contribution in [0.25, 0.3) is 0 Å². The van der Waals surface area contributed by atoms with E-state index >= 15 is 0 Å². The van der Waals surface area contributed by atoms with Crippen LogP contribution in [-0.2, 0) is 6.42 Å². The summed E-state index contributed by atoms with van der Waals surface area (Å²) in [7, 11) is 0. The van der Waals surface area contributed by atoms with Crippen LogP contribution < -0.4 is 0 Å². The fourth-order valence-electron chi connectivity index (χ4n) is 1.82. The third-order valence-corrected chi connectivity index (χ3v) is 2.81. The monoisotopic (exact) mass is 253 g/mol. The predicted octanol–water partition coefficient (Wildman–Crippen LogP) is 1.60. The molecule has 0 aliphatic heterocycles. The normalized spacial score (nSPS) is 10.6. The molecule has 0 fully saturated rings. The zero-order valence-electron chi connectivity index (χ0n) is 11.3. The molecule has 0 atom stereocenters. The molecule has 1 amide bonds. The molecule has 0 aliphatic rings. The minimum absolute atomic E-state index is 0.0122. The average Bonchev–Trinajstić information content (AvgIpc) is 2.83. The Morgan fingerprint density at radius 3 is 2.78 bits per heavy atom. The van der Waals surface area contributed by atoms with Crippen molar-refractivity contribution in [1.29, 1.82) is 0 Å². The Kier molecular flexibility index (Phi) is 6.43. The molecule has 5 heteroatoms. The molecule has 1 heterocycles. The van der Waals surface area contributed by atoms with Gasteiger partial charge in [0.05, 0.1) is 6.61 Å². The van der Waals surface area contributed by atoms with Crippen LogP contribution in [0.2, 0.25) is 0 Å². The van der Waals surface area contributed by atoms with E-state index in [1.165, 1.54) is 0 Å². The van der Waals surface area contributed by atoms with Gasteiger partial charge in [0, 0.05) is 18.8 Å². The molecule has 18 heavy (non-hydrogen) atoms. The number of aromatic amines is 1. The molecule has 0 saturated heterocycles. The Morgan fingerprint density at radius 1 is 1.39 bits per heavy atom. The van der Waals surface area contributed by atoms with Crippen molar-refractivity contribution in [3.63, 3.8) is 0 Å². The number of nitrogens with one attached hydrogen (secondary N) is 1. The SMILES string of the molecule is CCCCN(CCO)C(=O)c1cc(CCC)[nH]n1. The summed E-state index contributed by atoms with van der Waals surface area (Å²) in [6.07, 6.45) is 3.89. The van der Waals surface area contributed by atoms with Crippen molar-refractivity contribution in [3.05, 3.63) is 17.5 Å². The summed E-state index contributed by atoms with van der Waals surface area (Å²) in [6, 6.07) is 1.81. The number of aromatic nitrogens is 2. The second kappa shape index (κ2) is 7.87. The first-order valence-corrected chi connectivity index (χ1v) is 6.67. The summed E-state index contributed by atoms with van der Waals surface area (Å²) in [6.45, 7) is 5.19. The van der Waals surface area contributed by atoms with Crippen LogP contribution in [0.5, 0.6) is 0 Å². The predicted molar refractivity (Wildman–Crippen MR) is 70.5 cm³/mol. The molecule has 0 bridgehead atoms. The molecular formula is C13H23N3O2. The van der Waals surface area contributed by atoms with Gasteiger partial charge in [0.25, 0.3) is 5.91 Å². The van der Waals surface area contributed by atoms with Gasteiger partial charge in [-0.05, 0) is 18.9 Å². The lowest BCUT2D eigenvalue weighted by atomic mass is 10.2. The second-order valence-corrected chi connectivity index (χ2v) is 4.40. The van der Waals surface area contributed by atoms with Gasteiger partial charge in [0.2, 0.25) is 0 Å². The number of aliphatic hydroxyl groups excluding tert-OH is 1. The summed E-state index contributed by atoms with van der Waals surface area (Å²) < 4.78 is 0. The van der Waals surface area contributed by atoms with Crippen molar-refractivity contribution >= 4 is 5.91 Å². The number of nitrogens with zero attached hydrogens (tertiary/aromatic N) is 2. The Bertz CT molecular complexity index is 363. The minimum atomic E-state index is -0.101. The van der Waals surface area contributed by atoms with Gasteiger partial charge < -0.3 is 10.0 Å². The molecule has 102 valence electrons. The van der Waals surface area contributed by atoms with Gasteiger partial charge in [-0.2, -0.15) is 5.10 Å². The molecule has 0 unspecified atom stereocenters. The zero-order chi connectivity index (χ0) is 13.4. The molecular weight excluding hydrogens is 230 g/mol. The topological polar surface area (TPSA) is 69.2 Å². The van der Waals surface area contributed by atoms with Crippen molar-refractivity contribution in [2.24, 2.45) is 0 Å². The van der Waals surface area contributed by atoms with Gasteiger partial charge in [-0.15, -0.1) is 0 Å². The molecule has 0 aromatic carbocycles. The molecule has 0 radical (unpaired) electrons. The third kappa shape index (κ3) is 4.14. The Morgan fingerprint density at radius 2 is 2.17 bits per heavy atom. The summed E-state index contributed by atoms with van der Waals surface area (Å²) in [5, 5.41) is 15.9. The third-order valence-electron chi connectivity index (χ3n) is 2.81. The largest absolute Gasteiger partial charge is 0.395 e. The van der Waals surface area contributed by atoms with E-state index in [-0.39, 0.29) is 12.5 Å². The Balaban J connectivity index is 2.67. The molecule has 0 spiro atoms. The highest BCUT2D eigenvalue weighted by molar-refractivity contribution is 5.92. The average molecular weight is 253 g/mol. The van der Waals surface area contributed by atoms with Crippen molar-refractivity contribution in [2.75, 3.05) is 19.7 Å². The molecule has 1 aromatic rings. The molecule has 2 N–H and O–H groups in total. The maximum Gasteiger partial charge on any atom is 0.274 e. The highest BCUT2D eigenvalue weighted by Gasteiger charge is 2.17. The van der Waals surface area contributed by atoms with Crippen molar-refractivity contribution < 1.29 is 9.90 Å². The summed E-state index contributed by atoms with van der Waals surface area (Å²) in [4.78, 5) is 13.9. The smallest absolute Gasteiger partial charge is 0.274 e. The van der Waals surface area contributed by atoms with Crippen molar-refractivity contribution in [2.45, 2.75) is 39.5 Å². The van der Waals surface area contributed by atoms with Gasteiger partial charge in [-0.1, -0.05) is 26.7 Å². The number of rotatable bonds is 8. The minimum Gasteiger partial charge on any atom is -0.395 e. The van der Waals surface area contributed by atoms with Gasteiger partial charge >= 0.3 is 0 Å². The number of H-pyrrole nitrogens is 1. The van der Waals surface area contributed by atoms with E-state index in [2.05, 4.69) is 24.0 Å². The van der Waals surface area contributed by atoms with E-state index in [0.29, 0.717) is 18.8 Å². The van der Waals surface area contributed by atoms with Crippen LogP contribution >= 0.6 is 0 Å². The van der Waals surface area contributed by atoms with Crippen LogP contribution in [0.3, 0.4) is 0 Å². The maximum absolute atomic E-state index is 12.2. The van der Waals surface area contributed by atoms with E-state index in [0.717, 1.165) is 31.4 Å². The number of hydrogen-bond acceptors (Lipinski definition) is 3. The molecule has 1 rings (SSSR count). The van der Waals surface area contributed by atoms with Gasteiger partial charge in [0.1, 0.15) is 5.69 Å². The van der Waals surface area contributed by atoms with E-state index in [1.54, 1.807) is 4.90 Å². The van der Waals surface area contributed by atoms with Crippen LogP contribution in [0, 0.1) is 0 Å². The molecule has 0 saturated carbocycles. The van der Waals surface area contributed by atoms with E-state index in [4.69, 9.17) is 5.11 Å². The molecule has 0 aliphatic carbocycles. The lowest BCUT2D eigenvalue weighted by molar-refractivity contribution is 0.0713. The van der Waals surface area contributed by atoms with E-state index < -0.39 is 0 Å². The number of amides is 1. The highest BCUT2D eigenvalue weighted by Crippen LogP contribution is 2.07. The Labute approximate surface area is 108 Å². The summed E-state index contributed by atoms with van der Waals surface area (Å²) in [5.41, 5.74) is 1.43. The highest BCUT2D eigenvalue weighted by atomic mass is 16.3. The number of carbonyl (C=O) groups excluding carboxylic acids is 1. The number of aliphatic hydroxyl groups is 1. The van der Waals surface area contributed by atoms with Crippen molar-refractivity contribution in [3.8, 4) is 0 Å². The fraction of sp³-hybridized carbons (Fsp3) is 0.692. The number of aryl methyl sites for hydroxylation is 1. The van der Waals surface area contributed by atoms with E-state index in [1.807, 2.05) is 6.07 Å². The number of hydrogen-bond donors (Lipinski definition) is 2. The number of unbranched alkanes of at least 4 members (excludes halogenated alkanes) is 1. The van der Waals surface area contributed by atoms with Gasteiger partial charge in [0.15, 0.2) is 0 Å². The lowest BCUT2D eigenvalue weighted by Crippen LogP contribution is -2.34. The standard InChI is InChI=1S/C13H23N3O2/c1-3-5-7-16(8-9-17)13(18)12-10-11(6-4-2)14-15-12/h10,17H,3-9H2,1-2H3,(H,14,15). The van der Waals surface area contributed by atoms with Crippen LogP contribution in [-0.4, -0.2) is 45.8 Å². The van der Waals surface area contributed by atoms with Gasteiger partial charge in [-0.25, -0.2) is 0 Å². The zero-order valence-corrected chi connectivity index (χ0v) is 11.3. The second-order valence-electron chi connectivity index (χ2n) is 4.40. The lowest BCUT2D eigenvalue weighted by Gasteiger charge is -2.20. The van der Waals surface area contributed by atoms with Crippen LogP contribution in [0.1, 0.15) is 49.3 Å². The maximum atomic E-state index is 12.2. The van der Waals surface area contributed by atoms with Gasteiger partial charge in [-0.3, -0.25) is 9.89 Å². The first-order valence-electron chi connectivity index (χ1n) is 6.67. The van der Waals surface area contributed by atoms with E-state index in [9.17, 15) is 4.79 Å².